The molecule has 1 aliphatic carbocycles. The van der Waals surface area contributed by atoms with Crippen LogP contribution in [0.15, 0.2) is 12.3 Å². The van der Waals surface area contributed by atoms with Gasteiger partial charge in [0.1, 0.15) is 6.61 Å². The van der Waals surface area contributed by atoms with Crippen molar-refractivity contribution < 1.29 is 42.8 Å². The fourth-order valence-electron chi connectivity index (χ4n) is 3.75. The van der Waals surface area contributed by atoms with Gasteiger partial charge >= 0.3 is 11.9 Å². The van der Waals surface area contributed by atoms with Crippen molar-refractivity contribution in [2.45, 2.75) is 78.4 Å². The molecular weight excluding hydrogens is 484 g/mol. The fourth-order valence-corrected chi connectivity index (χ4v) is 3.75. The first kappa shape index (κ1) is 32.1. The van der Waals surface area contributed by atoms with E-state index in [0.29, 0.717) is 18.9 Å². The molecule has 2 fully saturated rings. The van der Waals surface area contributed by atoms with E-state index in [0.717, 1.165) is 38.7 Å². The number of amides is 1. The monoisotopic (exact) mass is 526 g/mol. The van der Waals surface area contributed by atoms with Gasteiger partial charge in [-0.05, 0) is 32.1 Å². The first-order valence-corrected chi connectivity index (χ1v) is 12.8. The molecule has 0 aromatic carbocycles. The van der Waals surface area contributed by atoms with Gasteiger partial charge in [0.15, 0.2) is 17.2 Å². The van der Waals surface area contributed by atoms with E-state index in [1.165, 1.54) is 19.4 Å². The Balaban J connectivity index is 0.000000411. The summed E-state index contributed by atoms with van der Waals surface area (Å²) in [5.41, 5.74) is 5.13. The van der Waals surface area contributed by atoms with Crippen molar-refractivity contribution in [3.8, 4) is 11.5 Å². The molecule has 1 aromatic rings. The SMILES string of the molecule is CC.CC1COCCC(=O)OC(C)C1.COc1ccnc(C(N)=O)c1OCOC(=O)COC1CCCC1. The molecule has 2 unspecified atom stereocenters. The Morgan fingerprint density at radius 1 is 1.19 bits per heavy atom. The van der Waals surface area contributed by atoms with Crippen LogP contribution in [0.3, 0.4) is 0 Å². The highest BCUT2D eigenvalue weighted by Crippen LogP contribution is 2.29. The summed E-state index contributed by atoms with van der Waals surface area (Å²) in [6, 6.07) is 1.51. The predicted molar refractivity (Wildman–Crippen MR) is 135 cm³/mol. The number of carbonyl (C=O) groups excluding carboxylic acids is 3. The van der Waals surface area contributed by atoms with E-state index in [1.807, 2.05) is 20.8 Å². The molecule has 37 heavy (non-hydrogen) atoms. The van der Waals surface area contributed by atoms with E-state index < -0.39 is 18.7 Å². The summed E-state index contributed by atoms with van der Waals surface area (Å²) in [7, 11) is 1.41. The summed E-state index contributed by atoms with van der Waals surface area (Å²) in [6.45, 7) is 8.75. The maximum Gasteiger partial charge on any atom is 0.334 e. The largest absolute Gasteiger partial charge is 0.493 e. The number of pyridine rings is 1. The van der Waals surface area contributed by atoms with Crippen LogP contribution in [0.25, 0.3) is 0 Å². The number of methoxy groups -OCH3 is 1. The molecule has 210 valence electrons. The zero-order valence-electron chi connectivity index (χ0n) is 22.7. The highest BCUT2D eigenvalue weighted by molar-refractivity contribution is 5.94. The van der Waals surface area contributed by atoms with Gasteiger partial charge < -0.3 is 34.2 Å². The molecule has 1 aromatic heterocycles. The van der Waals surface area contributed by atoms with Gasteiger partial charge in [-0.3, -0.25) is 9.59 Å². The Labute approximate surface area is 219 Å². The average Bonchev–Trinajstić information content (AvgIpc) is 3.42. The number of rotatable bonds is 8. The van der Waals surface area contributed by atoms with E-state index in [2.05, 4.69) is 11.9 Å². The lowest BCUT2D eigenvalue weighted by Crippen LogP contribution is -2.21. The van der Waals surface area contributed by atoms with E-state index >= 15 is 0 Å². The van der Waals surface area contributed by atoms with Crippen LogP contribution in [0.4, 0.5) is 0 Å². The zero-order valence-corrected chi connectivity index (χ0v) is 22.7. The summed E-state index contributed by atoms with van der Waals surface area (Å²) >= 11 is 0. The van der Waals surface area contributed by atoms with Crippen molar-refractivity contribution in [2.24, 2.45) is 11.7 Å². The lowest BCUT2D eigenvalue weighted by atomic mass is 10.1. The number of nitrogens with zero attached hydrogens (tertiary/aromatic N) is 1. The van der Waals surface area contributed by atoms with Crippen LogP contribution in [-0.4, -0.2) is 68.8 Å². The molecule has 11 nitrogen and oxygen atoms in total. The Hall–Kier alpha value is -2.92. The van der Waals surface area contributed by atoms with Gasteiger partial charge in [-0.25, -0.2) is 9.78 Å². The molecule has 1 amide bonds. The number of carbonyl (C=O) groups is 3. The minimum absolute atomic E-state index is 0.0343. The van der Waals surface area contributed by atoms with Crippen LogP contribution in [0.1, 0.15) is 76.7 Å². The maximum atomic E-state index is 11.6. The molecule has 1 aliphatic heterocycles. The molecule has 11 heteroatoms. The van der Waals surface area contributed by atoms with Gasteiger partial charge in [0, 0.05) is 18.9 Å². The average molecular weight is 527 g/mol. The van der Waals surface area contributed by atoms with Gasteiger partial charge in [-0.1, -0.05) is 33.6 Å². The summed E-state index contributed by atoms with van der Waals surface area (Å²) in [4.78, 5) is 37.8. The quantitative estimate of drug-likeness (QED) is 0.395. The van der Waals surface area contributed by atoms with Crippen LogP contribution < -0.4 is 15.2 Å². The highest BCUT2D eigenvalue weighted by atomic mass is 16.7. The summed E-state index contributed by atoms with van der Waals surface area (Å²) < 4.78 is 31.1. The Morgan fingerprint density at radius 2 is 1.89 bits per heavy atom. The van der Waals surface area contributed by atoms with Crippen LogP contribution in [-0.2, 0) is 28.5 Å². The molecule has 3 rings (SSSR count). The minimum atomic E-state index is -0.769. The Morgan fingerprint density at radius 3 is 2.54 bits per heavy atom. The van der Waals surface area contributed by atoms with E-state index in [4.69, 9.17) is 34.2 Å². The number of aromatic nitrogens is 1. The summed E-state index contributed by atoms with van der Waals surface area (Å²) in [6.07, 6.45) is 7.00. The van der Waals surface area contributed by atoms with Gasteiger partial charge in [-0.2, -0.15) is 0 Å². The maximum absolute atomic E-state index is 11.6. The lowest BCUT2D eigenvalue weighted by molar-refractivity contribution is -0.157. The smallest absolute Gasteiger partial charge is 0.334 e. The highest BCUT2D eigenvalue weighted by Gasteiger charge is 2.19. The molecule has 2 N–H and O–H groups in total. The fraction of sp³-hybridized carbons (Fsp3) is 0.692. The normalized spacial score (nSPS) is 19.9. The van der Waals surface area contributed by atoms with Crippen molar-refractivity contribution in [1.82, 2.24) is 4.98 Å². The number of nitrogens with two attached hydrogens (primary N) is 1. The third kappa shape index (κ3) is 12.7. The van der Waals surface area contributed by atoms with Gasteiger partial charge in [0.05, 0.1) is 32.3 Å². The van der Waals surface area contributed by atoms with Crippen molar-refractivity contribution in [3.05, 3.63) is 18.0 Å². The number of primary amides is 1. The van der Waals surface area contributed by atoms with Crippen molar-refractivity contribution in [3.63, 3.8) is 0 Å². The topological polar surface area (TPSA) is 146 Å². The number of cyclic esters (lactones) is 1. The Bertz CT molecular complexity index is 828. The molecule has 1 saturated carbocycles. The van der Waals surface area contributed by atoms with E-state index in [-0.39, 0.29) is 42.0 Å². The molecule has 0 radical (unpaired) electrons. The van der Waals surface area contributed by atoms with Crippen molar-refractivity contribution >= 4 is 17.8 Å². The lowest BCUT2D eigenvalue weighted by Gasteiger charge is -2.14. The number of ether oxygens (including phenoxy) is 6. The number of hydrogen-bond donors (Lipinski definition) is 1. The van der Waals surface area contributed by atoms with Gasteiger partial charge in [-0.15, -0.1) is 0 Å². The number of esters is 2. The second kappa shape index (κ2) is 18.3. The predicted octanol–water partition coefficient (Wildman–Crippen LogP) is 3.42. The van der Waals surface area contributed by atoms with Crippen molar-refractivity contribution in [1.29, 1.82) is 0 Å². The first-order chi connectivity index (χ1) is 17.8. The second-order valence-electron chi connectivity index (χ2n) is 8.52. The molecular formula is C26H42N2O9. The van der Waals surface area contributed by atoms with Crippen LogP contribution >= 0.6 is 0 Å². The van der Waals surface area contributed by atoms with Crippen LogP contribution in [0, 0.1) is 5.92 Å². The minimum Gasteiger partial charge on any atom is -0.493 e. The first-order valence-electron chi connectivity index (χ1n) is 12.8. The number of hydrogen-bond acceptors (Lipinski definition) is 10. The van der Waals surface area contributed by atoms with Crippen LogP contribution in [0.5, 0.6) is 11.5 Å². The third-order valence-corrected chi connectivity index (χ3v) is 5.40. The summed E-state index contributed by atoms with van der Waals surface area (Å²) in [5.74, 6) is -0.670. The van der Waals surface area contributed by atoms with Gasteiger partial charge in [0.2, 0.25) is 6.79 Å². The van der Waals surface area contributed by atoms with Crippen LogP contribution in [0.2, 0.25) is 0 Å². The molecule has 2 heterocycles. The second-order valence-corrected chi connectivity index (χ2v) is 8.52. The Kier molecular flexibility index (Phi) is 15.9. The zero-order chi connectivity index (χ0) is 27.6. The molecule has 2 atom stereocenters. The van der Waals surface area contributed by atoms with Crippen molar-refractivity contribution in [2.75, 3.05) is 33.7 Å². The van der Waals surface area contributed by atoms with Gasteiger partial charge in [0.25, 0.3) is 5.91 Å². The standard InChI is InChI=1S/C15H20N2O6.C9H16O3.C2H6/c1-20-11-6-7-17-13(15(16)19)14(11)23-9-22-12(18)8-21-10-4-2-3-5-10;1-7-5-8(2)12-9(10)3-4-11-6-7;1-2/h6-7,10H,2-5,8-9H2,1H3,(H2,16,19);7-8H,3-6H2,1-2H3;1-2H3. The molecule has 2 aliphatic rings. The molecule has 0 spiro atoms. The third-order valence-electron chi connectivity index (χ3n) is 5.40. The van der Waals surface area contributed by atoms with E-state index in [9.17, 15) is 14.4 Å². The molecule has 1 saturated heterocycles. The van der Waals surface area contributed by atoms with E-state index in [1.54, 1.807) is 0 Å². The summed E-state index contributed by atoms with van der Waals surface area (Å²) in [5, 5.41) is 0. The molecule has 0 bridgehead atoms.